The zero-order valence-electron chi connectivity index (χ0n) is 23.1. The van der Waals surface area contributed by atoms with Crippen molar-refractivity contribution in [1.29, 1.82) is 5.26 Å². The van der Waals surface area contributed by atoms with Crippen LogP contribution in [-0.2, 0) is 9.59 Å². The summed E-state index contributed by atoms with van der Waals surface area (Å²) in [5, 5.41) is 15.1. The van der Waals surface area contributed by atoms with Crippen molar-refractivity contribution in [2.24, 2.45) is 0 Å². The molecule has 1 aliphatic heterocycles. The van der Waals surface area contributed by atoms with Crippen LogP contribution in [0.2, 0.25) is 5.02 Å². The first-order valence-electron chi connectivity index (χ1n) is 13.7. The predicted molar refractivity (Wildman–Crippen MR) is 157 cm³/mol. The molecule has 0 atom stereocenters. The molecule has 0 bridgehead atoms. The van der Waals surface area contributed by atoms with Gasteiger partial charge in [0.05, 0.1) is 17.3 Å². The second-order valence-electron chi connectivity index (χ2n) is 9.70. The molecule has 0 aliphatic carbocycles. The average Bonchev–Trinajstić information content (AvgIpc) is 3.38. The number of para-hydroxylation sites is 1. The number of hydrogen-bond donors (Lipinski definition) is 0. The van der Waals surface area contributed by atoms with Gasteiger partial charge < -0.3 is 4.74 Å². The van der Waals surface area contributed by atoms with Crippen molar-refractivity contribution in [2.45, 2.75) is 52.9 Å². The lowest BCUT2D eigenvalue weighted by Crippen LogP contribution is -2.43. The Morgan fingerprint density at radius 1 is 1.02 bits per heavy atom. The molecular formula is C32H33ClN4O3. The van der Waals surface area contributed by atoms with Crippen molar-refractivity contribution in [3.05, 3.63) is 82.0 Å². The van der Waals surface area contributed by atoms with E-state index in [1.54, 1.807) is 23.7 Å². The summed E-state index contributed by atoms with van der Waals surface area (Å²) in [5.41, 5.74) is 3.49. The Labute approximate surface area is 240 Å². The van der Waals surface area contributed by atoms with E-state index >= 15 is 0 Å². The summed E-state index contributed by atoms with van der Waals surface area (Å²) in [6.45, 7) is 6.65. The Bertz CT molecular complexity index is 1500. The van der Waals surface area contributed by atoms with Gasteiger partial charge in [-0.2, -0.15) is 10.4 Å². The largest absolute Gasteiger partial charge is 0.492 e. The molecule has 2 aromatic carbocycles. The molecular weight excluding hydrogens is 524 g/mol. The number of nitrogens with zero attached hydrogens (tertiary/aromatic N) is 4. The van der Waals surface area contributed by atoms with E-state index in [1.807, 2.05) is 54.7 Å². The van der Waals surface area contributed by atoms with Crippen molar-refractivity contribution in [2.75, 3.05) is 13.2 Å². The maximum Gasteiger partial charge on any atom is 0.271 e. The summed E-state index contributed by atoms with van der Waals surface area (Å²) < 4.78 is 7.56. The van der Waals surface area contributed by atoms with Gasteiger partial charge in [-0.3, -0.25) is 14.5 Å². The standard InChI is InChI=1S/C32H33ClN4O3/c1-4-6-11-16-36-31(38)26(22(3)27(20-34)32(36)39)18-24-21-37(25-12-9-8-10-13-25)35-30(24)23-14-15-29(28(33)19-23)40-17-7-5-2/h8-10,12-15,18-19,21H,4-7,11,16-17H2,1-3H3/b26-18+. The molecule has 2 amide bonds. The smallest absolute Gasteiger partial charge is 0.271 e. The Balaban J connectivity index is 1.82. The number of amides is 2. The molecule has 8 heteroatoms. The Hall–Kier alpha value is -4.15. The van der Waals surface area contributed by atoms with Gasteiger partial charge in [0, 0.05) is 29.4 Å². The molecule has 0 N–H and O–H groups in total. The third-order valence-electron chi connectivity index (χ3n) is 6.83. The molecule has 206 valence electrons. The molecule has 0 unspecified atom stereocenters. The van der Waals surface area contributed by atoms with Crippen LogP contribution in [0.1, 0.15) is 58.4 Å². The van der Waals surface area contributed by atoms with Crippen molar-refractivity contribution in [3.8, 4) is 28.8 Å². The molecule has 3 aromatic rings. The molecule has 0 saturated heterocycles. The monoisotopic (exact) mass is 556 g/mol. The predicted octanol–water partition coefficient (Wildman–Crippen LogP) is 7.15. The second-order valence-corrected chi connectivity index (χ2v) is 10.1. The highest BCUT2D eigenvalue weighted by Gasteiger charge is 2.35. The number of carbonyl (C=O) groups is 2. The molecule has 0 spiro atoms. The molecule has 1 aliphatic rings. The summed E-state index contributed by atoms with van der Waals surface area (Å²) in [5.74, 6) is -0.347. The summed E-state index contributed by atoms with van der Waals surface area (Å²) in [6, 6.07) is 17.2. The van der Waals surface area contributed by atoms with Crippen LogP contribution >= 0.6 is 11.6 Å². The maximum absolute atomic E-state index is 13.6. The number of unbranched alkanes of at least 4 members (excludes halogenated alkanes) is 3. The normalized spacial score (nSPS) is 14.7. The average molecular weight is 557 g/mol. The van der Waals surface area contributed by atoms with Gasteiger partial charge in [-0.1, -0.05) is 62.9 Å². The highest BCUT2D eigenvalue weighted by atomic mass is 35.5. The van der Waals surface area contributed by atoms with Crippen LogP contribution in [0.5, 0.6) is 5.75 Å². The molecule has 4 rings (SSSR count). The minimum atomic E-state index is -0.538. The van der Waals surface area contributed by atoms with E-state index in [0.29, 0.717) is 46.2 Å². The van der Waals surface area contributed by atoms with E-state index in [0.717, 1.165) is 36.9 Å². The number of imide groups is 1. The van der Waals surface area contributed by atoms with Crippen LogP contribution < -0.4 is 4.74 Å². The lowest BCUT2D eigenvalue weighted by atomic mass is 9.93. The van der Waals surface area contributed by atoms with Crippen LogP contribution in [0, 0.1) is 11.3 Å². The number of aromatic nitrogens is 2. The first kappa shape index (κ1) is 28.8. The highest BCUT2D eigenvalue weighted by molar-refractivity contribution is 6.32. The summed E-state index contributed by atoms with van der Waals surface area (Å²) in [4.78, 5) is 27.7. The minimum Gasteiger partial charge on any atom is -0.492 e. The van der Waals surface area contributed by atoms with Crippen LogP contribution in [-0.4, -0.2) is 39.6 Å². The van der Waals surface area contributed by atoms with Gasteiger partial charge in [0.1, 0.15) is 23.1 Å². The first-order valence-corrected chi connectivity index (χ1v) is 14.0. The summed E-state index contributed by atoms with van der Waals surface area (Å²) >= 11 is 6.59. The molecule has 40 heavy (non-hydrogen) atoms. The minimum absolute atomic E-state index is 0.0176. The number of nitriles is 1. The number of carbonyl (C=O) groups excluding carboxylic acids is 2. The summed E-state index contributed by atoms with van der Waals surface area (Å²) in [7, 11) is 0. The van der Waals surface area contributed by atoms with E-state index in [-0.39, 0.29) is 12.1 Å². The van der Waals surface area contributed by atoms with Crippen LogP contribution in [0.4, 0.5) is 0 Å². The Morgan fingerprint density at radius 2 is 1.77 bits per heavy atom. The van der Waals surface area contributed by atoms with Gasteiger partial charge in [0.2, 0.25) is 0 Å². The van der Waals surface area contributed by atoms with Gasteiger partial charge >= 0.3 is 0 Å². The van der Waals surface area contributed by atoms with Crippen molar-refractivity contribution in [1.82, 2.24) is 14.7 Å². The number of benzene rings is 2. The fourth-order valence-electron chi connectivity index (χ4n) is 4.53. The van der Waals surface area contributed by atoms with E-state index < -0.39 is 11.8 Å². The van der Waals surface area contributed by atoms with E-state index in [4.69, 9.17) is 21.4 Å². The van der Waals surface area contributed by atoms with Gasteiger partial charge in [-0.05, 0) is 61.7 Å². The van der Waals surface area contributed by atoms with E-state index in [2.05, 4.69) is 13.8 Å². The third-order valence-corrected chi connectivity index (χ3v) is 7.13. The second kappa shape index (κ2) is 13.3. The number of halogens is 1. The van der Waals surface area contributed by atoms with Gasteiger partial charge in [-0.15, -0.1) is 0 Å². The van der Waals surface area contributed by atoms with Gasteiger partial charge in [0.25, 0.3) is 11.8 Å². The highest BCUT2D eigenvalue weighted by Crippen LogP contribution is 2.34. The van der Waals surface area contributed by atoms with E-state index in [9.17, 15) is 14.9 Å². The Kier molecular flexibility index (Phi) is 9.57. The topological polar surface area (TPSA) is 88.2 Å². The molecule has 0 saturated carbocycles. The van der Waals surface area contributed by atoms with Crippen LogP contribution in [0.25, 0.3) is 23.0 Å². The van der Waals surface area contributed by atoms with E-state index in [1.165, 1.54) is 4.90 Å². The lowest BCUT2D eigenvalue weighted by Gasteiger charge is -2.27. The lowest BCUT2D eigenvalue weighted by molar-refractivity contribution is -0.140. The fourth-order valence-corrected chi connectivity index (χ4v) is 4.77. The van der Waals surface area contributed by atoms with Crippen molar-refractivity contribution in [3.63, 3.8) is 0 Å². The number of ether oxygens (including phenoxy) is 1. The molecule has 0 radical (unpaired) electrons. The zero-order chi connectivity index (χ0) is 28.6. The number of rotatable bonds is 11. The maximum atomic E-state index is 13.6. The molecule has 7 nitrogen and oxygen atoms in total. The van der Waals surface area contributed by atoms with Crippen molar-refractivity contribution >= 4 is 29.5 Å². The van der Waals surface area contributed by atoms with Crippen molar-refractivity contribution < 1.29 is 14.3 Å². The molecule has 0 fully saturated rings. The molecule has 2 heterocycles. The van der Waals surface area contributed by atoms with Crippen LogP contribution in [0.3, 0.4) is 0 Å². The Morgan fingerprint density at radius 3 is 2.45 bits per heavy atom. The number of hydrogen-bond acceptors (Lipinski definition) is 5. The zero-order valence-corrected chi connectivity index (χ0v) is 23.9. The van der Waals surface area contributed by atoms with Crippen LogP contribution in [0.15, 0.2) is 71.4 Å². The first-order chi connectivity index (χ1) is 19.4. The summed E-state index contributed by atoms with van der Waals surface area (Å²) in [6.07, 6.45) is 8.02. The van der Waals surface area contributed by atoms with Gasteiger partial charge in [0.15, 0.2) is 0 Å². The molecule has 1 aromatic heterocycles. The quantitative estimate of drug-likeness (QED) is 0.142. The fraction of sp³-hybridized carbons (Fsp3) is 0.312. The third kappa shape index (κ3) is 6.19. The van der Waals surface area contributed by atoms with Gasteiger partial charge in [-0.25, -0.2) is 4.68 Å². The SMILES string of the molecule is CCCCCN1C(=O)C(C#N)=C(C)/C(=C\c2cn(-c3ccccc3)nc2-c2ccc(OCCCC)c(Cl)c2)C1=O.